The maximum absolute atomic E-state index is 5.71. The third-order valence-electron chi connectivity index (χ3n) is 3.58. The van der Waals surface area contributed by atoms with Crippen LogP contribution in [0.5, 0.6) is 5.75 Å². The fraction of sp³-hybridized carbons (Fsp3) is 0.312. The highest BCUT2D eigenvalue weighted by Gasteiger charge is 2.27. The van der Waals surface area contributed by atoms with Gasteiger partial charge in [0, 0.05) is 24.0 Å². The van der Waals surface area contributed by atoms with Gasteiger partial charge in [0.05, 0.1) is 12.6 Å². The molecule has 2 atom stereocenters. The first-order valence-corrected chi connectivity index (χ1v) is 7.01. The second kappa shape index (κ2) is 6.03. The van der Waals surface area contributed by atoms with E-state index < -0.39 is 0 Å². The lowest BCUT2D eigenvalue weighted by Gasteiger charge is -2.15. The smallest absolute Gasteiger partial charge is 0.124 e. The second-order valence-corrected chi connectivity index (χ2v) is 4.89. The van der Waals surface area contributed by atoms with Gasteiger partial charge in [-0.1, -0.05) is 24.3 Å². The first-order valence-electron chi connectivity index (χ1n) is 7.01. The van der Waals surface area contributed by atoms with Crippen molar-refractivity contribution in [2.75, 3.05) is 6.61 Å². The number of para-hydroxylation sites is 1. The zero-order valence-electron chi connectivity index (χ0n) is 11.5. The predicted octanol–water partition coefficient (Wildman–Crippen LogP) is 2.76. The van der Waals surface area contributed by atoms with Crippen LogP contribution in [0.15, 0.2) is 48.8 Å². The molecule has 0 saturated carbocycles. The Hall–Kier alpha value is -1.91. The van der Waals surface area contributed by atoms with Crippen molar-refractivity contribution in [2.24, 2.45) is 0 Å². The summed E-state index contributed by atoms with van der Waals surface area (Å²) < 4.78 is 5.71. The summed E-state index contributed by atoms with van der Waals surface area (Å²) in [6.45, 7) is 2.69. The lowest BCUT2D eigenvalue weighted by Crippen LogP contribution is -2.26. The van der Waals surface area contributed by atoms with Crippen LogP contribution in [0.2, 0.25) is 0 Å². The van der Waals surface area contributed by atoms with Gasteiger partial charge in [-0.2, -0.15) is 0 Å². The van der Waals surface area contributed by atoms with Crippen molar-refractivity contribution in [3.63, 3.8) is 0 Å². The highest BCUT2D eigenvalue weighted by atomic mass is 16.5. The molecule has 3 rings (SSSR count). The van der Waals surface area contributed by atoms with E-state index in [4.69, 9.17) is 4.74 Å². The molecule has 4 heteroatoms. The average Bonchev–Trinajstić information content (AvgIpc) is 2.99. The molecule has 2 heterocycles. The molecule has 104 valence electrons. The van der Waals surface area contributed by atoms with Crippen LogP contribution in [0.1, 0.15) is 36.6 Å². The van der Waals surface area contributed by atoms with Crippen LogP contribution in [-0.4, -0.2) is 11.6 Å². The van der Waals surface area contributed by atoms with Gasteiger partial charge in [-0.3, -0.25) is 4.98 Å². The van der Waals surface area contributed by atoms with E-state index >= 15 is 0 Å². The summed E-state index contributed by atoms with van der Waals surface area (Å²) in [5.74, 6) is 0.959. The van der Waals surface area contributed by atoms with Gasteiger partial charge in [-0.25, -0.2) is 10.9 Å². The maximum atomic E-state index is 5.71. The molecule has 1 saturated heterocycles. The third-order valence-corrected chi connectivity index (χ3v) is 3.58. The number of aromatic nitrogens is 1. The molecule has 20 heavy (non-hydrogen) atoms. The van der Waals surface area contributed by atoms with Crippen LogP contribution in [0, 0.1) is 0 Å². The normalized spacial score (nSPS) is 21.9. The molecule has 0 bridgehead atoms. The average molecular weight is 269 g/mol. The van der Waals surface area contributed by atoms with Crippen LogP contribution in [0.4, 0.5) is 0 Å². The predicted molar refractivity (Wildman–Crippen MR) is 78.2 cm³/mol. The highest BCUT2D eigenvalue weighted by molar-refractivity contribution is 5.37. The Balaban J connectivity index is 1.77. The van der Waals surface area contributed by atoms with E-state index in [-0.39, 0.29) is 12.1 Å². The molecule has 1 aliphatic heterocycles. The fourth-order valence-corrected chi connectivity index (χ4v) is 2.62. The minimum Gasteiger partial charge on any atom is -0.494 e. The summed E-state index contributed by atoms with van der Waals surface area (Å²) in [6, 6.07) is 12.8. The van der Waals surface area contributed by atoms with E-state index in [1.807, 2.05) is 31.3 Å². The Morgan fingerprint density at radius 3 is 2.80 bits per heavy atom. The molecule has 0 aliphatic carbocycles. The number of ether oxygens (including phenoxy) is 1. The number of nitrogens with one attached hydrogen (secondary N) is 2. The first-order chi connectivity index (χ1) is 9.88. The van der Waals surface area contributed by atoms with Gasteiger partial charge in [0.2, 0.25) is 0 Å². The van der Waals surface area contributed by atoms with E-state index in [2.05, 4.69) is 34.0 Å². The molecule has 2 N–H and O–H groups in total. The number of benzene rings is 1. The molecular weight excluding hydrogens is 250 g/mol. The molecule has 1 aromatic heterocycles. The Bertz CT molecular complexity index is 559. The van der Waals surface area contributed by atoms with E-state index in [0.717, 1.165) is 12.2 Å². The lowest BCUT2D eigenvalue weighted by atomic mass is 9.98. The molecule has 1 aromatic carbocycles. The summed E-state index contributed by atoms with van der Waals surface area (Å²) in [6.07, 6.45) is 4.69. The molecule has 2 unspecified atom stereocenters. The maximum Gasteiger partial charge on any atom is 0.124 e. The Kier molecular flexibility index (Phi) is 3.95. The second-order valence-electron chi connectivity index (χ2n) is 4.89. The molecule has 0 amide bonds. The zero-order valence-corrected chi connectivity index (χ0v) is 11.5. The number of hydrazine groups is 1. The van der Waals surface area contributed by atoms with Crippen molar-refractivity contribution in [1.29, 1.82) is 0 Å². The van der Waals surface area contributed by atoms with Gasteiger partial charge in [0.15, 0.2) is 0 Å². The van der Waals surface area contributed by atoms with Crippen molar-refractivity contribution < 1.29 is 4.74 Å². The Morgan fingerprint density at radius 2 is 2.00 bits per heavy atom. The number of nitrogens with zero attached hydrogens (tertiary/aromatic N) is 1. The van der Waals surface area contributed by atoms with Crippen LogP contribution in [0.25, 0.3) is 0 Å². The number of rotatable bonds is 4. The Labute approximate surface area is 119 Å². The summed E-state index contributed by atoms with van der Waals surface area (Å²) in [4.78, 5) is 4.18. The first kappa shape index (κ1) is 13.1. The van der Waals surface area contributed by atoms with E-state index in [0.29, 0.717) is 6.61 Å². The van der Waals surface area contributed by atoms with Crippen LogP contribution in [-0.2, 0) is 0 Å². The highest BCUT2D eigenvalue weighted by Crippen LogP contribution is 2.34. The number of hydrogen-bond acceptors (Lipinski definition) is 4. The molecule has 1 fully saturated rings. The molecule has 0 spiro atoms. The van der Waals surface area contributed by atoms with Crippen molar-refractivity contribution in [3.8, 4) is 5.75 Å². The van der Waals surface area contributed by atoms with Gasteiger partial charge >= 0.3 is 0 Å². The van der Waals surface area contributed by atoms with Crippen molar-refractivity contribution in [1.82, 2.24) is 15.8 Å². The minimum atomic E-state index is 0.253. The molecule has 0 radical (unpaired) electrons. The van der Waals surface area contributed by atoms with Crippen molar-refractivity contribution in [2.45, 2.75) is 25.4 Å². The Morgan fingerprint density at radius 1 is 1.15 bits per heavy atom. The summed E-state index contributed by atoms with van der Waals surface area (Å²) in [5.41, 5.74) is 9.11. The number of pyridine rings is 1. The lowest BCUT2D eigenvalue weighted by molar-refractivity contribution is 0.332. The van der Waals surface area contributed by atoms with Gasteiger partial charge < -0.3 is 4.74 Å². The van der Waals surface area contributed by atoms with Crippen LogP contribution < -0.4 is 15.6 Å². The largest absolute Gasteiger partial charge is 0.494 e. The quantitative estimate of drug-likeness (QED) is 0.896. The van der Waals surface area contributed by atoms with Crippen LogP contribution in [0.3, 0.4) is 0 Å². The summed E-state index contributed by atoms with van der Waals surface area (Å²) in [5, 5.41) is 0. The van der Waals surface area contributed by atoms with Crippen LogP contribution >= 0.6 is 0 Å². The zero-order chi connectivity index (χ0) is 13.8. The van der Waals surface area contributed by atoms with E-state index in [1.165, 1.54) is 11.1 Å². The van der Waals surface area contributed by atoms with Gasteiger partial charge in [0.25, 0.3) is 0 Å². The van der Waals surface area contributed by atoms with Gasteiger partial charge in [-0.15, -0.1) is 0 Å². The van der Waals surface area contributed by atoms with E-state index in [1.54, 1.807) is 6.20 Å². The molecule has 2 aromatic rings. The van der Waals surface area contributed by atoms with Gasteiger partial charge in [-0.05, 0) is 31.0 Å². The topological polar surface area (TPSA) is 46.2 Å². The van der Waals surface area contributed by atoms with Crippen molar-refractivity contribution >= 4 is 0 Å². The third kappa shape index (κ3) is 2.66. The molecule has 4 nitrogen and oxygen atoms in total. The molecule has 1 aliphatic rings. The number of hydrogen-bond donors (Lipinski definition) is 2. The van der Waals surface area contributed by atoms with Gasteiger partial charge in [0.1, 0.15) is 5.75 Å². The standard InChI is InChI=1S/C16H19N3O/c1-2-20-16-8-4-3-7-13(16)15-10-14(18-19-15)12-6-5-9-17-11-12/h3-9,11,14-15,18-19H,2,10H2,1H3. The molecular formula is C16H19N3O. The monoisotopic (exact) mass is 269 g/mol. The fourth-order valence-electron chi connectivity index (χ4n) is 2.62. The van der Waals surface area contributed by atoms with Crippen molar-refractivity contribution in [3.05, 3.63) is 59.9 Å². The van der Waals surface area contributed by atoms with E-state index in [9.17, 15) is 0 Å². The summed E-state index contributed by atoms with van der Waals surface area (Å²) >= 11 is 0. The summed E-state index contributed by atoms with van der Waals surface area (Å²) in [7, 11) is 0. The SMILES string of the molecule is CCOc1ccccc1C1CC(c2cccnc2)NN1. The minimum absolute atomic E-state index is 0.253.